The first-order chi connectivity index (χ1) is 12.0. The van der Waals surface area contributed by atoms with E-state index in [9.17, 15) is 14.9 Å². The van der Waals surface area contributed by atoms with Gasteiger partial charge in [-0.3, -0.25) is 15.0 Å². The fourth-order valence-electron chi connectivity index (χ4n) is 3.10. The van der Waals surface area contributed by atoms with E-state index in [0.29, 0.717) is 18.7 Å². The zero-order valence-corrected chi connectivity index (χ0v) is 14.1. The van der Waals surface area contributed by atoms with Gasteiger partial charge in [0.1, 0.15) is 5.75 Å². The van der Waals surface area contributed by atoms with Crippen LogP contribution >= 0.6 is 0 Å². The highest BCUT2D eigenvalue weighted by Gasteiger charge is 2.36. The topological polar surface area (TPSA) is 75.9 Å². The summed E-state index contributed by atoms with van der Waals surface area (Å²) in [5.41, 5.74) is 1.74. The lowest BCUT2D eigenvalue weighted by Crippen LogP contribution is -2.35. The summed E-state index contributed by atoms with van der Waals surface area (Å²) < 4.78 is 5.25. The predicted octanol–water partition coefficient (Wildman–Crippen LogP) is 3.09. The van der Waals surface area contributed by atoms with Crippen LogP contribution in [-0.2, 0) is 6.42 Å². The van der Waals surface area contributed by atoms with Crippen molar-refractivity contribution in [2.75, 3.05) is 25.6 Å². The minimum absolute atomic E-state index is 0.00750. The van der Waals surface area contributed by atoms with Crippen molar-refractivity contribution in [3.05, 3.63) is 64.2 Å². The van der Waals surface area contributed by atoms with Gasteiger partial charge >= 0.3 is 6.03 Å². The molecule has 2 aromatic carbocycles. The number of amides is 2. The van der Waals surface area contributed by atoms with E-state index in [-0.39, 0.29) is 17.8 Å². The smallest absolute Gasteiger partial charge is 0.324 e. The van der Waals surface area contributed by atoms with Crippen molar-refractivity contribution >= 4 is 17.4 Å². The number of carbonyl (C=O) groups excluding carboxylic acids is 1. The molecule has 0 radical (unpaired) electrons. The number of rotatable bonds is 5. The molecule has 0 spiro atoms. The number of hydrogen-bond donors (Lipinski definition) is 0. The number of carbonyl (C=O) groups is 1. The van der Waals surface area contributed by atoms with Crippen LogP contribution in [0.5, 0.6) is 5.75 Å². The van der Waals surface area contributed by atoms with Gasteiger partial charge in [-0.2, -0.15) is 0 Å². The average Bonchev–Trinajstić information content (AvgIpc) is 2.89. The summed E-state index contributed by atoms with van der Waals surface area (Å²) in [7, 11) is 3.38. The van der Waals surface area contributed by atoms with Crippen LogP contribution in [0, 0.1) is 10.1 Å². The van der Waals surface area contributed by atoms with Crippen LogP contribution in [-0.4, -0.2) is 42.6 Å². The molecule has 0 unspecified atom stereocenters. The molecule has 1 saturated heterocycles. The van der Waals surface area contributed by atoms with Crippen LogP contribution in [0.1, 0.15) is 5.56 Å². The number of nitrogens with zero attached hydrogens (tertiary/aromatic N) is 3. The number of urea groups is 1. The van der Waals surface area contributed by atoms with Crippen LogP contribution in [0.15, 0.2) is 48.5 Å². The third kappa shape index (κ3) is 3.40. The molecule has 1 atom stereocenters. The Kier molecular flexibility index (Phi) is 4.56. The van der Waals surface area contributed by atoms with Gasteiger partial charge in [-0.25, -0.2) is 4.79 Å². The van der Waals surface area contributed by atoms with Crippen molar-refractivity contribution < 1.29 is 14.5 Å². The van der Waals surface area contributed by atoms with Gasteiger partial charge in [0, 0.05) is 31.4 Å². The first kappa shape index (κ1) is 16.8. The van der Waals surface area contributed by atoms with Gasteiger partial charge in [-0.1, -0.05) is 12.1 Å². The monoisotopic (exact) mass is 341 g/mol. The summed E-state index contributed by atoms with van der Waals surface area (Å²) in [6, 6.07) is 13.7. The van der Waals surface area contributed by atoms with Crippen LogP contribution in [0.3, 0.4) is 0 Å². The molecule has 25 heavy (non-hydrogen) atoms. The maximum Gasteiger partial charge on any atom is 0.324 e. The molecule has 0 N–H and O–H groups in total. The van der Waals surface area contributed by atoms with E-state index in [1.165, 1.54) is 12.1 Å². The minimum atomic E-state index is -0.449. The van der Waals surface area contributed by atoms with Crippen molar-refractivity contribution in [3.8, 4) is 5.75 Å². The Labute approximate surface area is 145 Å². The Morgan fingerprint density at radius 1 is 1.24 bits per heavy atom. The van der Waals surface area contributed by atoms with E-state index in [4.69, 9.17) is 4.74 Å². The highest BCUT2D eigenvalue weighted by molar-refractivity contribution is 5.95. The van der Waals surface area contributed by atoms with E-state index >= 15 is 0 Å². The molecule has 3 rings (SSSR count). The summed E-state index contributed by atoms with van der Waals surface area (Å²) >= 11 is 0. The highest BCUT2D eigenvalue weighted by Crippen LogP contribution is 2.28. The number of likely N-dealkylation sites (N-methyl/N-ethyl adjacent to an activating group) is 1. The predicted molar refractivity (Wildman–Crippen MR) is 94.1 cm³/mol. The number of benzene rings is 2. The lowest BCUT2D eigenvalue weighted by Gasteiger charge is -2.23. The third-order valence-electron chi connectivity index (χ3n) is 4.33. The van der Waals surface area contributed by atoms with Crippen molar-refractivity contribution in [3.63, 3.8) is 0 Å². The molecule has 1 aliphatic heterocycles. The summed E-state index contributed by atoms with van der Waals surface area (Å²) in [6.07, 6.45) is 0.671. The summed E-state index contributed by atoms with van der Waals surface area (Å²) in [4.78, 5) is 26.3. The van der Waals surface area contributed by atoms with E-state index in [1.54, 1.807) is 36.1 Å². The SMILES string of the molecule is COc1cccc(C[C@H]2CN(C)C(=O)N2c2ccc([N+](=O)[O-])cc2)c1. The molecule has 1 aliphatic rings. The summed E-state index contributed by atoms with van der Waals surface area (Å²) in [6.45, 7) is 0.590. The van der Waals surface area contributed by atoms with Gasteiger partial charge < -0.3 is 9.64 Å². The zero-order valence-electron chi connectivity index (χ0n) is 14.1. The normalized spacial score (nSPS) is 17.0. The first-order valence-corrected chi connectivity index (χ1v) is 7.91. The Balaban J connectivity index is 1.86. The van der Waals surface area contributed by atoms with Gasteiger partial charge in [0.05, 0.1) is 18.1 Å². The van der Waals surface area contributed by atoms with Crippen molar-refractivity contribution in [2.24, 2.45) is 0 Å². The van der Waals surface area contributed by atoms with Crippen molar-refractivity contribution in [1.29, 1.82) is 0 Å². The largest absolute Gasteiger partial charge is 0.497 e. The summed E-state index contributed by atoms with van der Waals surface area (Å²) in [5.74, 6) is 0.775. The maximum absolute atomic E-state index is 12.5. The molecular weight excluding hydrogens is 322 g/mol. The number of anilines is 1. The Morgan fingerprint density at radius 2 is 1.96 bits per heavy atom. The zero-order chi connectivity index (χ0) is 18.0. The standard InChI is InChI=1S/C18H19N3O4/c1-19-12-16(10-13-4-3-5-17(11-13)25-2)20(18(19)22)14-6-8-15(9-7-14)21(23)24/h3-9,11,16H,10,12H2,1-2H3/t16-/m0/s1. The lowest BCUT2D eigenvalue weighted by atomic mass is 10.0. The van der Waals surface area contributed by atoms with E-state index in [1.807, 2.05) is 24.3 Å². The van der Waals surface area contributed by atoms with Gasteiger partial charge in [0.15, 0.2) is 0 Å². The molecule has 0 bridgehead atoms. The maximum atomic E-state index is 12.5. The molecule has 2 aromatic rings. The van der Waals surface area contributed by atoms with Crippen molar-refractivity contribution in [2.45, 2.75) is 12.5 Å². The van der Waals surface area contributed by atoms with Crippen LogP contribution < -0.4 is 9.64 Å². The molecule has 0 aliphatic carbocycles. The van der Waals surface area contributed by atoms with Crippen LogP contribution in [0.25, 0.3) is 0 Å². The average molecular weight is 341 g/mol. The van der Waals surface area contributed by atoms with Gasteiger partial charge in [-0.05, 0) is 36.2 Å². The molecule has 1 fully saturated rings. The second-order valence-electron chi connectivity index (χ2n) is 6.02. The summed E-state index contributed by atoms with van der Waals surface area (Å²) in [5, 5.41) is 10.8. The molecule has 1 heterocycles. The molecular formula is C18H19N3O4. The Hall–Kier alpha value is -3.09. The number of ether oxygens (including phenoxy) is 1. The second kappa shape index (κ2) is 6.80. The van der Waals surface area contributed by atoms with E-state index < -0.39 is 4.92 Å². The minimum Gasteiger partial charge on any atom is -0.497 e. The number of hydrogen-bond acceptors (Lipinski definition) is 4. The molecule has 130 valence electrons. The molecule has 0 saturated carbocycles. The fraction of sp³-hybridized carbons (Fsp3) is 0.278. The number of nitro benzene ring substituents is 1. The number of methoxy groups -OCH3 is 1. The lowest BCUT2D eigenvalue weighted by molar-refractivity contribution is -0.384. The van der Waals surface area contributed by atoms with Crippen LogP contribution in [0.2, 0.25) is 0 Å². The quantitative estimate of drug-likeness (QED) is 0.618. The highest BCUT2D eigenvalue weighted by atomic mass is 16.6. The fourth-order valence-corrected chi connectivity index (χ4v) is 3.10. The third-order valence-corrected chi connectivity index (χ3v) is 4.33. The van der Waals surface area contributed by atoms with Crippen molar-refractivity contribution in [1.82, 2.24) is 4.90 Å². The molecule has 7 nitrogen and oxygen atoms in total. The van der Waals surface area contributed by atoms with E-state index in [2.05, 4.69) is 0 Å². The Bertz CT molecular complexity index is 791. The molecule has 0 aromatic heterocycles. The Morgan fingerprint density at radius 3 is 2.60 bits per heavy atom. The van der Waals surface area contributed by atoms with Gasteiger partial charge in [0.2, 0.25) is 0 Å². The first-order valence-electron chi connectivity index (χ1n) is 7.91. The van der Waals surface area contributed by atoms with E-state index in [0.717, 1.165) is 11.3 Å². The second-order valence-corrected chi connectivity index (χ2v) is 6.02. The van der Waals surface area contributed by atoms with Gasteiger partial charge in [0.25, 0.3) is 5.69 Å². The molecule has 2 amide bonds. The van der Waals surface area contributed by atoms with Crippen LogP contribution in [0.4, 0.5) is 16.2 Å². The number of nitro groups is 1. The molecule has 7 heteroatoms. The number of non-ortho nitro benzene ring substituents is 1. The van der Waals surface area contributed by atoms with Gasteiger partial charge in [-0.15, -0.1) is 0 Å².